The topological polar surface area (TPSA) is 44.8 Å². The SMILES string of the molecule is COC(=O)c1cc2c(cc1OC)OCC=C2c1ccccc1. The molecule has 1 aliphatic rings. The van der Waals surface area contributed by atoms with Gasteiger partial charge in [0.25, 0.3) is 0 Å². The molecule has 2 aromatic rings. The molecule has 0 saturated heterocycles. The summed E-state index contributed by atoms with van der Waals surface area (Å²) >= 11 is 0. The van der Waals surface area contributed by atoms with Gasteiger partial charge in [0.2, 0.25) is 0 Å². The van der Waals surface area contributed by atoms with E-state index in [1.54, 1.807) is 12.1 Å². The van der Waals surface area contributed by atoms with Gasteiger partial charge >= 0.3 is 5.97 Å². The molecule has 0 radical (unpaired) electrons. The van der Waals surface area contributed by atoms with Gasteiger partial charge in [0, 0.05) is 11.6 Å². The van der Waals surface area contributed by atoms with Crippen molar-refractivity contribution in [3.63, 3.8) is 0 Å². The first-order chi connectivity index (χ1) is 10.7. The number of hydrogen-bond acceptors (Lipinski definition) is 4. The maximum atomic E-state index is 12.0. The van der Waals surface area contributed by atoms with Gasteiger partial charge in [0.1, 0.15) is 23.7 Å². The van der Waals surface area contributed by atoms with Crippen LogP contribution in [0.4, 0.5) is 0 Å². The van der Waals surface area contributed by atoms with Gasteiger partial charge in [-0.1, -0.05) is 30.3 Å². The van der Waals surface area contributed by atoms with Crippen molar-refractivity contribution in [2.45, 2.75) is 0 Å². The molecule has 0 aliphatic carbocycles. The van der Waals surface area contributed by atoms with Crippen molar-refractivity contribution < 1.29 is 19.0 Å². The second-order valence-electron chi connectivity index (χ2n) is 4.84. The van der Waals surface area contributed by atoms with E-state index in [1.165, 1.54) is 14.2 Å². The van der Waals surface area contributed by atoms with Crippen LogP contribution in [0.5, 0.6) is 11.5 Å². The predicted octanol–water partition coefficient (Wildman–Crippen LogP) is 3.31. The zero-order valence-corrected chi connectivity index (χ0v) is 12.5. The Bertz CT molecular complexity index is 732. The summed E-state index contributed by atoms with van der Waals surface area (Å²) in [5.74, 6) is 0.711. The third kappa shape index (κ3) is 2.44. The fraction of sp³-hybridized carbons (Fsp3) is 0.167. The summed E-state index contributed by atoms with van der Waals surface area (Å²) in [5, 5.41) is 0. The van der Waals surface area contributed by atoms with E-state index < -0.39 is 5.97 Å². The molecule has 0 bridgehead atoms. The van der Waals surface area contributed by atoms with Crippen LogP contribution < -0.4 is 9.47 Å². The second kappa shape index (κ2) is 5.93. The predicted molar refractivity (Wildman–Crippen MR) is 83.3 cm³/mol. The number of carbonyl (C=O) groups is 1. The van der Waals surface area contributed by atoms with Crippen molar-refractivity contribution in [3.05, 3.63) is 65.2 Å². The van der Waals surface area contributed by atoms with Gasteiger partial charge in [-0.3, -0.25) is 0 Å². The number of fused-ring (bicyclic) bond motifs is 1. The molecule has 0 atom stereocenters. The lowest BCUT2D eigenvalue weighted by atomic mass is 9.93. The highest BCUT2D eigenvalue weighted by molar-refractivity contribution is 5.96. The molecule has 0 fully saturated rings. The molecule has 0 aromatic heterocycles. The maximum absolute atomic E-state index is 12.0. The van der Waals surface area contributed by atoms with Crippen molar-refractivity contribution in [1.82, 2.24) is 0 Å². The number of benzene rings is 2. The number of esters is 1. The Morgan fingerprint density at radius 1 is 1.14 bits per heavy atom. The number of rotatable bonds is 3. The van der Waals surface area contributed by atoms with Crippen LogP contribution in [0, 0.1) is 0 Å². The first-order valence-electron chi connectivity index (χ1n) is 6.93. The molecule has 0 N–H and O–H groups in total. The van der Waals surface area contributed by atoms with Crippen LogP contribution in [-0.2, 0) is 4.74 Å². The molecule has 112 valence electrons. The molecule has 22 heavy (non-hydrogen) atoms. The van der Waals surface area contributed by atoms with Crippen LogP contribution in [-0.4, -0.2) is 26.8 Å². The van der Waals surface area contributed by atoms with Crippen molar-refractivity contribution in [2.75, 3.05) is 20.8 Å². The van der Waals surface area contributed by atoms with Gasteiger partial charge < -0.3 is 14.2 Å². The van der Waals surface area contributed by atoms with Crippen molar-refractivity contribution in [2.24, 2.45) is 0 Å². The van der Waals surface area contributed by atoms with Crippen LogP contribution in [0.2, 0.25) is 0 Å². The van der Waals surface area contributed by atoms with Gasteiger partial charge in [-0.25, -0.2) is 4.79 Å². The Hall–Kier alpha value is -2.75. The Labute approximate surface area is 128 Å². The van der Waals surface area contributed by atoms with E-state index in [-0.39, 0.29) is 0 Å². The highest BCUT2D eigenvalue weighted by atomic mass is 16.5. The normalized spacial score (nSPS) is 12.7. The fourth-order valence-corrected chi connectivity index (χ4v) is 2.55. The van der Waals surface area contributed by atoms with Crippen LogP contribution in [0.3, 0.4) is 0 Å². The van der Waals surface area contributed by atoms with Gasteiger partial charge in [-0.05, 0) is 23.3 Å². The number of carbonyl (C=O) groups excluding carboxylic acids is 1. The molecule has 1 aliphatic heterocycles. The van der Waals surface area contributed by atoms with E-state index in [9.17, 15) is 4.79 Å². The summed E-state index contributed by atoms with van der Waals surface area (Å²) in [6, 6.07) is 13.5. The van der Waals surface area contributed by atoms with Gasteiger partial charge in [-0.2, -0.15) is 0 Å². The first kappa shape index (κ1) is 14.2. The summed E-state index contributed by atoms with van der Waals surface area (Å²) in [6.07, 6.45) is 2.01. The van der Waals surface area contributed by atoms with Gasteiger partial charge in [0.05, 0.1) is 14.2 Å². The van der Waals surface area contributed by atoms with E-state index >= 15 is 0 Å². The minimum absolute atomic E-state index is 0.385. The van der Waals surface area contributed by atoms with Gasteiger partial charge in [0.15, 0.2) is 0 Å². The lowest BCUT2D eigenvalue weighted by molar-refractivity contribution is 0.0597. The monoisotopic (exact) mass is 296 g/mol. The second-order valence-corrected chi connectivity index (χ2v) is 4.84. The molecule has 2 aromatic carbocycles. The molecular formula is C18H16O4. The number of ether oxygens (including phenoxy) is 3. The Morgan fingerprint density at radius 2 is 1.91 bits per heavy atom. The lowest BCUT2D eigenvalue weighted by Crippen LogP contribution is -2.10. The van der Waals surface area contributed by atoms with Gasteiger partial charge in [-0.15, -0.1) is 0 Å². The summed E-state index contributed by atoms with van der Waals surface area (Å²) in [6.45, 7) is 0.484. The Balaban J connectivity index is 2.15. The van der Waals surface area contributed by atoms with Crippen LogP contribution >= 0.6 is 0 Å². The highest BCUT2D eigenvalue weighted by Crippen LogP contribution is 2.38. The first-order valence-corrected chi connectivity index (χ1v) is 6.93. The molecule has 0 saturated carbocycles. The number of hydrogen-bond donors (Lipinski definition) is 0. The molecular weight excluding hydrogens is 280 g/mol. The van der Waals surface area contributed by atoms with E-state index in [4.69, 9.17) is 14.2 Å². The zero-order valence-electron chi connectivity index (χ0n) is 12.5. The van der Waals surface area contributed by atoms with Crippen molar-refractivity contribution in [3.8, 4) is 11.5 Å². The van der Waals surface area contributed by atoms with E-state index in [0.717, 1.165) is 16.7 Å². The minimum Gasteiger partial charge on any atom is -0.496 e. The maximum Gasteiger partial charge on any atom is 0.341 e. The Morgan fingerprint density at radius 3 is 2.59 bits per heavy atom. The minimum atomic E-state index is -0.433. The summed E-state index contributed by atoms with van der Waals surface area (Å²) < 4.78 is 15.8. The molecule has 1 heterocycles. The van der Waals surface area contributed by atoms with Crippen LogP contribution in [0.25, 0.3) is 5.57 Å². The van der Waals surface area contributed by atoms with Crippen molar-refractivity contribution in [1.29, 1.82) is 0 Å². The highest BCUT2D eigenvalue weighted by Gasteiger charge is 2.22. The third-order valence-corrected chi connectivity index (χ3v) is 3.61. The largest absolute Gasteiger partial charge is 0.496 e. The molecule has 0 spiro atoms. The average molecular weight is 296 g/mol. The zero-order chi connectivity index (χ0) is 15.5. The van der Waals surface area contributed by atoms with Crippen LogP contribution in [0.15, 0.2) is 48.5 Å². The quantitative estimate of drug-likeness (QED) is 0.815. The summed E-state index contributed by atoms with van der Waals surface area (Å²) in [4.78, 5) is 12.0. The number of methoxy groups -OCH3 is 2. The standard InChI is InChI=1S/C18H16O4/c1-20-16-11-17-14(10-15(16)18(19)21-2)13(8-9-22-17)12-6-4-3-5-7-12/h3-8,10-11H,9H2,1-2H3. The fourth-order valence-electron chi connectivity index (χ4n) is 2.55. The summed E-state index contributed by atoms with van der Waals surface area (Å²) in [7, 11) is 2.87. The molecule has 0 amide bonds. The summed E-state index contributed by atoms with van der Waals surface area (Å²) in [5.41, 5.74) is 3.36. The van der Waals surface area contributed by atoms with Crippen LogP contribution in [0.1, 0.15) is 21.5 Å². The van der Waals surface area contributed by atoms with Crippen molar-refractivity contribution >= 4 is 11.5 Å². The third-order valence-electron chi connectivity index (χ3n) is 3.61. The van der Waals surface area contributed by atoms with E-state index in [0.29, 0.717) is 23.7 Å². The molecule has 3 rings (SSSR count). The Kier molecular flexibility index (Phi) is 3.83. The smallest absolute Gasteiger partial charge is 0.341 e. The molecule has 0 unspecified atom stereocenters. The van der Waals surface area contributed by atoms with E-state index in [2.05, 4.69) is 0 Å². The molecule has 4 heteroatoms. The van der Waals surface area contributed by atoms with E-state index in [1.807, 2.05) is 36.4 Å². The molecule has 4 nitrogen and oxygen atoms in total. The average Bonchev–Trinajstić information content (AvgIpc) is 2.60. The lowest BCUT2D eigenvalue weighted by Gasteiger charge is -2.21.